The van der Waals surface area contributed by atoms with Crippen LogP contribution in [0.1, 0.15) is 26.3 Å². The van der Waals surface area contributed by atoms with Crippen molar-refractivity contribution >= 4 is 17.4 Å². The number of allylic oxidation sites excluding steroid dienone is 2. The number of hydrogen-bond acceptors (Lipinski definition) is 1. The molecule has 0 saturated carbocycles. The highest BCUT2D eigenvalue weighted by Gasteiger charge is 2.01. The molecule has 1 nitrogen and oxygen atoms in total. The number of halogens is 1. The molecule has 1 aromatic carbocycles. The van der Waals surface area contributed by atoms with E-state index in [4.69, 9.17) is 16.3 Å². The second kappa shape index (κ2) is 5.04. The van der Waals surface area contributed by atoms with E-state index in [1.54, 1.807) is 0 Å². The molecule has 15 heavy (non-hydrogen) atoms. The maximum Gasteiger partial charge on any atom is 0.126 e. The van der Waals surface area contributed by atoms with E-state index in [1.807, 2.05) is 45.0 Å². The van der Waals surface area contributed by atoms with Crippen LogP contribution in [-0.4, -0.2) is 0 Å². The van der Waals surface area contributed by atoms with Gasteiger partial charge in [0, 0.05) is 10.6 Å². The van der Waals surface area contributed by atoms with E-state index < -0.39 is 0 Å². The van der Waals surface area contributed by atoms with Gasteiger partial charge in [0.15, 0.2) is 0 Å². The van der Waals surface area contributed by atoms with Crippen molar-refractivity contribution in [3.8, 4) is 0 Å². The Hall–Kier alpha value is -1.21. The third-order valence-electron chi connectivity index (χ3n) is 2.15. The second-order valence-electron chi connectivity index (χ2n) is 3.59. The van der Waals surface area contributed by atoms with Crippen LogP contribution in [-0.2, 0) is 4.74 Å². The average Bonchev–Trinajstić information content (AvgIpc) is 2.18. The summed E-state index contributed by atoms with van der Waals surface area (Å²) in [6, 6.07) is 7.43. The van der Waals surface area contributed by atoms with Gasteiger partial charge in [0.2, 0.25) is 0 Å². The topological polar surface area (TPSA) is 9.23 Å². The molecule has 0 unspecified atom stereocenters. The largest absolute Gasteiger partial charge is 0.462 e. The van der Waals surface area contributed by atoms with E-state index in [2.05, 4.69) is 6.58 Å². The van der Waals surface area contributed by atoms with Crippen LogP contribution < -0.4 is 0 Å². The van der Waals surface area contributed by atoms with E-state index >= 15 is 0 Å². The summed E-state index contributed by atoms with van der Waals surface area (Å²) in [6.07, 6.45) is 0. The molecule has 0 aliphatic heterocycles. The van der Waals surface area contributed by atoms with Crippen molar-refractivity contribution in [2.75, 3.05) is 0 Å². The van der Waals surface area contributed by atoms with Gasteiger partial charge < -0.3 is 4.74 Å². The van der Waals surface area contributed by atoms with Crippen molar-refractivity contribution < 1.29 is 4.74 Å². The van der Waals surface area contributed by atoms with Crippen LogP contribution in [0.5, 0.6) is 0 Å². The Morgan fingerprint density at radius 3 is 2.13 bits per heavy atom. The number of hydrogen-bond donors (Lipinski definition) is 0. The Morgan fingerprint density at radius 2 is 1.67 bits per heavy atom. The number of ether oxygens (including phenoxy) is 1. The fourth-order valence-electron chi connectivity index (χ4n) is 0.982. The first-order chi connectivity index (χ1) is 7.00. The average molecular weight is 223 g/mol. The molecule has 0 heterocycles. The summed E-state index contributed by atoms with van der Waals surface area (Å²) in [4.78, 5) is 0. The number of benzene rings is 1. The predicted molar refractivity (Wildman–Crippen MR) is 65.6 cm³/mol. The minimum atomic E-state index is 0.644. The summed E-state index contributed by atoms with van der Waals surface area (Å²) in [5.41, 5.74) is 2.09. The summed E-state index contributed by atoms with van der Waals surface area (Å²) in [6.45, 7) is 9.81. The van der Waals surface area contributed by atoms with E-state index in [0.29, 0.717) is 10.8 Å². The minimum absolute atomic E-state index is 0.644. The van der Waals surface area contributed by atoms with E-state index in [1.165, 1.54) is 0 Å². The van der Waals surface area contributed by atoms with Crippen molar-refractivity contribution in [1.29, 1.82) is 0 Å². The molecule has 0 radical (unpaired) electrons. The van der Waals surface area contributed by atoms with E-state index in [-0.39, 0.29) is 0 Å². The summed E-state index contributed by atoms with van der Waals surface area (Å²) in [7, 11) is 0. The quantitative estimate of drug-likeness (QED) is 0.677. The first kappa shape index (κ1) is 11.9. The van der Waals surface area contributed by atoms with Crippen molar-refractivity contribution in [1.82, 2.24) is 0 Å². The predicted octanol–water partition coefficient (Wildman–Crippen LogP) is 4.64. The van der Waals surface area contributed by atoms with Crippen molar-refractivity contribution in [2.24, 2.45) is 0 Å². The molecule has 0 bridgehead atoms. The van der Waals surface area contributed by atoms with Crippen LogP contribution in [0.15, 0.2) is 42.2 Å². The van der Waals surface area contributed by atoms with Crippen molar-refractivity contribution in [3.63, 3.8) is 0 Å². The Labute approximate surface area is 96.0 Å². The maximum absolute atomic E-state index is 5.79. The molecule has 0 atom stereocenters. The molecule has 1 rings (SSSR count). The zero-order valence-electron chi connectivity index (χ0n) is 9.30. The maximum atomic E-state index is 5.79. The highest BCUT2D eigenvalue weighted by molar-refractivity contribution is 6.30. The van der Waals surface area contributed by atoms with Crippen molar-refractivity contribution in [2.45, 2.75) is 20.8 Å². The fraction of sp³-hybridized carbons (Fsp3) is 0.231. The molecule has 0 aromatic heterocycles. The molecular weight excluding hydrogens is 208 g/mol. The Kier molecular flexibility index (Phi) is 3.98. The summed E-state index contributed by atoms with van der Waals surface area (Å²) in [5.74, 6) is 1.53. The number of rotatable bonds is 3. The monoisotopic (exact) mass is 222 g/mol. The lowest BCUT2D eigenvalue weighted by Crippen LogP contribution is -1.90. The van der Waals surface area contributed by atoms with Gasteiger partial charge in [-0.05, 0) is 50.6 Å². The fourth-order valence-corrected chi connectivity index (χ4v) is 1.11. The highest BCUT2D eigenvalue weighted by Crippen LogP contribution is 2.20. The van der Waals surface area contributed by atoms with E-state index in [0.717, 1.165) is 16.9 Å². The molecule has 1 aromatic rings. The van der Waals surface area contributed by atoms with E-state index in [9.17, 15) is 0 Å². The molecule has 0 spiro atoms. The van der Waals surface area contributed by atoms with Crippen LogP contribution in [0.4, 0.5) is 0 Å². The molecule has 0 saturated heterocycles. The Balaban J connectivity index is 2.78. The standard InChI is InChI=1S/C13H15ClO/c1-9(2)10(3)15-11(4)12-5-7-13(14)8-6-12/h5-8H,4H2,1-3H3. The van der Waals surface area contributed by atoms with Gasteiger partial charge in [0.25, 0.3) is 0 Å². The molecule has 0 aliphatic carbocycles. The SMILES string of the molecule is C=C(OC(C)=C(C)C)c1ccc(Cl)cc1. The Morgan fingerprint density at radius 1 is 1.13 bits per heavy atom. The first-order valence-electron chi connectivity index (χ1n) is 4.77. The third kappa shape index (κ3) is 3.45. The van der Waals surface area contributed by atoms with Gasteiger partial charge in [-0.2, -0.15) is 0 Å². The van der Waals surface area contributed by atoms with Crippen LogP contribution in [0.25, 0.3) is 5.76 Å². The lowest BCUT2D eigenvalue weighted by Gasteiger charge is -2.10. The minimum Gasteiger partial charge on any atom is -0.462 e. The molecule has 2 heteroatoms. The second-order valence-corrected chi connectivity index (χ2v) is 4.02. The van der Waals surface area contributed by atoms with Crippen LogP contribution >= 0.6 is 11.6 Å². The third-order valence-corrected chi connectivity index (χ3v) is 2.40. The van der Waals surface area contributed by atoms with Gasteiger partial charge in [-0.1, -0.05) is 18.2 Å². The van der Waals surface area contributed by atoms with Gasteiger partial charge in [-0.25, -0.2) is 0 Å². The summed E-state index contributed by atoms with van der Waals surface area (Å²) < 4.78 is 5.58. The summed E-state index contributed by atoms with van der Waals surface area (Å²) >= 11 is 5.79. The van der Waals surface area contributed by atoms with Gasteiger partial charge in [-0.15, -0.1) is 0 Å². The van der Waals surface area contributed by atoms with Gasteiger partial charge in [0.1, 0.15) is 5.76 Å². The molecular formula is C13H15ClO. The van der Waals surface area contributed by atoms with Gasteiger partial charge in [0.05, 0.1) is 5.76 Å². The molecule has 80 valence electrons. The zero-order valence-corrected chi connectivity index (χ0v) is 10.1. The first-order valence-corrected chi connectivity index (χ1v) is 5.15. The zero-order chi connectivity index (χ0) is 11.4. The smallest absolute Gasteiger partial charge is 0.126 e. The Bertz CT molecular complexity index is 384. The normalized spacial score (nSPS) is 9.60. The molecule has 0 aliphatic rings. The van der Waals surface area contributed by atoms with Crippen LogP contribution in [0.2, 0.25) is 5.02 Å². The molecule has 0 N–H and O–H groups in total. The van der Waals surface area contributed by atoms with Crippen LogP contribution in [0.3, 0.4) is 0 Å². The van der Waals surface area contributed by atoms with Crippen molar-refractivity contribution in [3.05, 3.63) is 52.8 Å². The molecule has 0 amide bonds. The lowest BCUT2D eigenvalue weighted by molar-refractivity contribution is 0.380. The highest BCUT2D eigenvalue weighted by atomic mass is 35.5. The van der Waals surface area contributed by atoms with Gasteiger partial charge in [-0.3, -0.25) is 0 Å². The van der Waals surface area contributed by atoms with Gasteiger partial charge >= 0.3 is 0 Å². The lowest BCUT2D eigenvalue weighted by atomic mass is 10.2. The van der Waals surface area contributed by atoms with Crippen LogP contribution in [0, 0.1) is 0 Å². The summed E-state index contributed by atoms with van der Waals surface area (Å²) in [5, 5.41) is 0.713. The molecule has 0 fully saturated rings.